The molecule has 2 nitrogen and oxygen atoms in total. The van der Waals surface area contributed by atoms with Crippen molar-refractivity contribution in [1.29, 1.82) is 0 Å². The van der Waals surface area contributed by atoms with Crippen LogP contribution < -0.4 is 5.32 Å². The van der Waals surface area contributed by atoms with E-state index in [0.29, 0.717) is 0 Å². The molecule has 0 aliphatic heterocycles. The molecule has 2 heteroatoms. The molecule has 18 heavy (non-hydrogen) atoms. The maximum absolute atomic E-state index is 5.37. The summed E-state index contributed by atoms with van der Waals surface area (Å²) in [4.78, 5) is 0. The largest absolute Gasteiger partial charge is 0.367 e. The van der Waals surface area contributed by atoms with Crippen LogP contribution in [0, 0.1) is 0 Å². The van der Waals surface area contributed by atoms with E-state index in [1.165, 1.54) is 18.4 Å². The minimum Gasteiger partial charge on any atom is -0.367 e. The van der Waals surface area contributed by atoms with E-state index < -0.39 is 0 Å². The fourth-order valence-corrected chi connectivity index (χ4v) is 1.97. The van der Waals surface area contributed by atoms with Crippen LogP contribution in [0.25, 0.3) is 0 Å². The van der Waals surface area contributed by atoms with Gasteiger partial charge in [0.2, 0.25) is 0 Å². The first-order chi connectivity index (χ1) is 8.76. The number of rotatable bonds is 7. The maximum atomic E-state index is 5.37. The highest BCUT2D eigenvalue weighted by Gasteiger charge is 2.08. The summed E-state index contributed by atoms with van der Waals surface area (Å²) in [7, 11) is 1.75. The average Bonchev–Trinajstić information content (AvgIpc) is 2.41. The van der Waals surface area contributed by atoms with E-state index in [1.54, 1.807) is 12.7 Å². The van der Waals surface area contributed by atoms with Gasteiger partial charge in [0.1, 0.15) is 6.23 Å². The van der Waals surface area contributed by atoms with Crippen LogP contribution in [0.5, 0.6) is 0 Å². The fraction of sp³-hybridized carbons (Fsp3) is 0.625. The molecule has 0 amide bonds. The first-order valence-corrected chi connectivity index (χ1v) is 6.99. The Bertz CT molecular complexity index is 279. The highest BCUT2D eigenvalue weighted by molar-refractivity contribution is 5.25. The Morgan fingerprint density at radius 3 is 2.78 bits per heavy atom. The van der Waals surface area contributed by atoms with E-state index in [9.17, 15) is 0 Å². The van der Waals surface area contributed by atoms with Gasteiger partial charge in [0.25, 0.3) is 0 Å². The van der Waals surface area contributed by atoms with Crippen molar-refractivity contribution >= 4 is 0 Å². The van der Waals surface area contributed by atoms with Crippen LogP contribution in [0.2, 0.25) is 0 Å². The Labute approximate surface area is 113 Å². The van der Waals surface area contributed by atoms with Crippen molar-refractivity contribution in [2.24, 2.45) is 0 Å². The number of methoxy groups -OCH3 is 1. The lowest BCUT2D eigenvalue weighted by Crippen LogP contribution is -2.30. The van der Waals surface area contributed by atoms with Crippen LogP contribution >= 0.6 is 0 Å². The number of nitrogens with one attached hydrogen (secondary N) is 1. The molecule has 1 atom stereocenters. The van der Waals surface area contributed by atoms with E-state index in [-0.39, 0.29) is 6.23 Å². The fourth-order valence-electron chi connectivity index (χ4n) is 1.97. The molecular formula is C16H29NO. The van der Waals surface area contributed by atoms with E-state index in [0.717, 1.165) is 19.4 Å². The number of ether oxygens (including phenoxy) is 1. The highest BCUT2D eigenvalue weighted by atomic mass is 16.5. The minimum absolute atomic E-state index is 0.144. The molecule has 1 N–H and O–H groups in total. The molecule has 0 radical (unpaired) electrons. The zero-order valence-electron chi connectivity index (χ0n) is 12.5. The van der Waals surface area contributed by atoms with Crippen LogP contribution in [-0.4, -0.2) is 19.9 Å². The summed E-state index contributed by atoms with van der Waals surface area (Å²) in [5.74, 6) is 0. The van der Waals surface area contributed by atoms with Crippen LogP contribution in [0.4, 0.5) is 0 Å². The van der Waals surface area contributed by atoms with E-state index in [2.05, 4.69) is 31.0 Å². The molecule has 0 aromatic carbocycles. The number of hydrogen-bond acceptors (Lipinski definition) is 2. The van der Waals surface area contributed by atoms with Crippen molar-refractivity contribution in [2.75, 3.05) is 13.7 Å². The van der Waals surface area contributed by atoms with Crippen LogP contribution in [0.15, 0.2) is 36.0 Å². The lowest BCUT2D eigenvalue weighted by Gasteiger charge is -2.18. The standard InChI is InChI=1S/C14H23NO.C2H6/c1-4-10-15-14(16-3)9-8-13-7-5-6-12(2)11-13;1-2/h4,6,11,14-15H,1,5,7-10H2,2-3H3;1-2H3. The summed E-state index contributed by atoms with van der Waals surface area (Å²) in [6.07, 6.45) is 11.2. The maximum Gasteiger partial charge on any atom is 0.108 e. The van der Waals surface area contributed by atoms with Crippen molar-refractivity contribution in [2.45, 2.75) is 52.7 Å². The van der Waals surface area contributed by atoms with Crippen LogP contribution in [-0.2, 0) is 4.74 Å². The third-order valence-corrected chi connectivity index (χ3v) is 2.87. The van der Waals surface area contributed by atoms with Gasteiger partial charge in [0.15, 0.2) is 0 Å². The van der Waals surface area contributed by atoms with E-state index >= 15 is 0 Å². The molecule has 0 saturated carbocycles. The van der Waals surface area contributed by atoms with Gasteiger partial charge in [-0.2, -0.15) is 0 Å². The van der Waals surface area contributed by atoms with Crippen molar-refractivity contribution in [3.8, 4) is 0 Å². The predicted octanol–water partition coefficient (Wildman–Crippen LogP) is 4.21. The average molecular weight is 251 g/mol. The Morgan fingerprint density at radius 1 is 1.50 bits per heavy atom. The monoisotopic (exact) mass is 251 g/mol. The molecule has 1 aliphatic rings. The first kappa shape index (κ1) is 17.1. The predicted molar refractivity (Wildman–Crippen MR) is 80.7 cm³/mol. The van der Waals surface area contributed by atoms with Gasteiger partial charge >= 0.3 is 0 Å². The van der Waals surface area contributed by atoms with Crippen LogP contribution in [0.3, 0.4) is 0 Å². The summed E-state index contributed by atoms with van der Waals surface area (Å²) >= 11 is 0. The molecule has 0 spiro atoms. The van der Waals surface area contributed by atoms with Gasteiger partial charge in [0, 0.05) is 13.7 Å². The van der Waals surface area contributed by atoms with E-state index in [1.807, 2.05) is 19.9 Å². The molecule has 0 heterocycles. The lowest BCUT2D eigenvalue weighted by molar-refractivity contribution is 0.0702. The molecule has 0 bridgehead atoms. The van der Waals surface area contributed by atoms with Crippen molar-refractivity contribution < 1.29 is 4.74 Å². The summed E-state index contributed by atoms with van der Waals surface area (Å²) in [6, 6.07) is 0. The Balaban J connectivity index is 0.00000137. The van der Waals surface area contributed by atoms with Gasteiger partial charge in [-0.3, -0.25) is 5.32 Å². The van der Waals surface area contributed by atoms with Crippen LogP contribution in [0.1, 0.15) is 46.5 Å². The molecule has 1 aliphatic carbocycles. The molecule has 0 fully saturated rings. The third kappa shape index (κ3) is 7.46. The van der Waals surface area contributed by atoms with Crippen molar-refractivity contribution in [3.05, 3.63) is 36.0 Å². The molecule has 0 saturated heterocycles. The van der Waals surface area contributed by atoms with Gasteiger partial charge in [0.05, 0.1) is 0 Å². The second kappa shape index (κ2) is 11.2. The van der Waals surface area contributed by atoms with Crippen molar-refractivity contribution in [1.82, 2.24) is 5.32 Å². The van der Waals surface area contributed by atoms with E-state index in [4.69, 9.17) is 4.74 Å². The second-order valence-corrected chi connectivity index (χ2v) is 4.25. The lowest BCUT2D eigenvalue weighted by atomic mass is 9.96. The van der Waals surface area contributed by atoms with Gasteiger partial charge in [-0.05, 0) is 32.6 Å². The minimum atomic E-state index is 0.144. The van der Waals surface area contributed by atoms with Gasteiger partial charge in [-0.25, -0.2) is 0 Å². The summed E-state index contributed by atoms with van der Waals surface area (Å²) in [5.41, 5.74) is 2.94. The topological polar surface area (TPSA) is 21.3 Å². The Hall–Kier alpha value is -0.860. The van der Waals surface area contributed by atoms with Crippen molar-refractivity contribution in [3.63, 3.8) is 0 Å². The first-order valence-electron chi connectivity index (χ1n) is 6.99. The quantitative estimate of drug-likeness (QED) is 0.540. The summed E-state index contributed by atoms with van der Waals surface area (Å²) in [5, 5.41) is 3.29. The SMILES string of the molecule is C=CCNC(CCC1=CC(C)=CCC1)OC.CC. The number of hydrogen-bond donors (Lipinski definition) is 1. The summed E-state index contributed by atoms with van der Waals surface area (Å²) < 4.78 is 5.37. The molecule has 1 rings (SSSR count). The summed E-state index contributed by atoms with van der Waals surface area (Å²) in [6.45, 7) is 10.7. The molecular weight excluding hydrogens is 222 g/mol. The van der Waals surface area contributed by atoms with Gasteiger partial charge in [-0.15, -0.1) is 6.58 Å². The molecule has 104 valence electrons. The second-order valence-electron chi connectivity index (χ2n) is 4.25. The zero-order valence-corrected chi connectivity index (χ0v) is 12.5. The highest BCUT2D eigenvalue weighted by Crippen LogP contribution is 2.21. The molecule has 0 aromatic rings. The molecule has 0 aromatic heterocycles. The smallest absolute Gasteiger partial charge is 0.108 e. The van der Waals surface area contributed by atoms with Gasteiger partial charge < -0.3 is 4.74 Å². The van der Waals surface area contributed by atoms with Gasteiger partial charge in [-0.1, -0.05) is 43.2 Å². The zero-order chi connectivity index (χ0) is 13.8. The normalized spacial score (nSPS) is 16.0. The third-order valence-electron chi connectivity index (χ3n) is 2.87. The Kier molecular flexibility index (Phi) is 10.7. The molecule has 1 unspecified atom stereocenters. The Morgan fingerprint density at radius 2 is 2.22 bits per heavy atom. The number of allylic oxidation sites excluding steroid dienone is 4.